The first-order valence-electron chi connectivity index (χ1n) is 11.2. The number of benzene rings is 1. The first-order chi connectivity index (χ1) is 15.7. The molecule has 0 saturated carbocycles. The van der Waals surface area contributed by atoms with E-state index in [1.807, 2.05) is 35.3 Å². The summed E-state index contributed by atoms with van der Waals surface area (Å²) in [7, 11) is 0. The third-order valence-corrected chi connectivity index (χ3v) is 5.87. The maximum absolute atomic E-state index is 4.83. The second-order valence-corrected chi connectivity index (χ2v) is 8.46. The Morgan fingerprint density at radius 3 is 2.72 bits per heavy atom. The summed E-state index contributed by atoms with van der Waals surface area (Å²) in [6, 6.07) is 10.5. The van der Waals surface area contributed by atoms with Crippen LogP contribution in [0.3, 0.4) is 0 Å². The minimum Gasteiger partial charge on any atom is -0.351 e. The Balaban J connectivity index is 1.46. The summed E-state index contributed by atoms with van der Waals surface area (Å²) in [4.78, 5) is 9.63. The van der Waals surface area contributed by atoms with Crippen molar-refractivity contribution < 1.29 is 0 Å². The van der Waals surface area contributed by atoms with Crippen molar-refractivity contribution in [3.8, 4) is 5.69 Å². The first-order valence-corrected chi connectivity index (χ1v) is 11.2. The van der Waals surface area contributed by atoms with Crippen LogP contribution in [0.25, 0.3) is 11.3 Å². The van der Waals surface area contributed by atoms with Crippen LogP contribution in [-0.2, 0) is 6.54 Å². The number of fused-ring (bicyclic) bond motifs is 1. The Morgan fingerprint density at radius 1 is 1.09 bits per heavy atom. The third-order valence-electron chi connectivity index (χ3n) is 5.87. The molecule has 0 radical (unpaired) electrons. The molecular formula is C23H29N9. The molecule has 9 nitrogen and oxygen atoms in total. The lowest BCUT2D eigenvalue weighted by molar-refractivity contribution is 0.477. The number of piperidine rings is 1. The second kappa shape index (κ2) is 8.96. The van der Waals surface area contributed by atoms with Crippen LogP contribution < -0.4 is 16.0 Å². The van der Waals surface area contributed by atoms with E-state index in [1.54, 1.807) is 10.7 Å². The van der Waals surface area contributed by atoms with Gasteiger partial charge in [0.15, 0.2) is 5.65 Å². The Morgan fingerprint density at radius 2 is 1.94 bits per heavy atom. The number of hydrogen-bond acceptors (Lipinski definition) is 7. The topological polar surface area (TPSA) is 97.0 Å². The first kappa shape index (κ1) is 20.4. The SMILES string of the molecule is CC(C)c1cnn2c(NCc3ccccc3-n3cccn3)nc(NC3CCNCC3)nc12. The van der Waals surface area contributed by atoms with E-state index in [9.17, 15) is 0 Å². The minimum atomic E-state index is 0.322. The molecule has 1 aliphatic rings. The van der Waals surface area contributed by atoms with Gasteiger partial charge in [0.25, 0.3) is 0 Å². The monoisotopic (exact) mass is 431 g/mol. The summed E-state index contributed by atoms with van der Waals surface area (Å²) >= 11 is 0. The summed E-state index contributed by atoms with van der Waals surface area (Å²) in [5.74, 6) is 1.64. The zero-order valence-electron chi connectivity index (χ0n) is 18.5. The van der Waals surface area contributed by atoms with Gasteiger partial charge in [-0.2, -0.15) is 24.7 Å². The van der Waals surface area contributed by atoms with Gasteiger partial charge in [0.05, 0.1) is 11.9 Å². The standard InChI is InChI=1S/C23H29N9/c1-16(2)19-15-27-32-21(19)29-22(28-18-8-11-24-12-9-18)30-23(32)25-14-17-6-3-4-7-20(17)31-13-5-10-26-31/h3-7,10,13,15-16,18,24H,8-9,11-12,14H2,1-2H3,(H2,25,28,29,30). The number of rotatable bonds is 7. The maximum Gasteiger partial charge on any atom is 0.229 e. The predicted molar refractivity (Wildman–Crippen MR) is 125 cm³/mol. The Kier molecular flexibility index (Phi) is 5.72. The maximum atomic E-state index is 4.83. The number of para-hydroxylation sites is 1. The van der Waals surface area contributed by atoms with E-state index in [0.29, 0.717) is 30.4 Å². The summed E-state index contributed by atoms with van der Waals surface area (Å²) in [5, 5.41) is 19.4. The molecular weight excluding hydrogens is 402 g/mol. The largest absolute Gasteiger partial charge is 0.351 e. The molecule has 0 spiro atoms. The van der Waals surface area contributed by atoms with Crippen LogP contribution in [0.1, 0.15) is 43.7 Å². The van der Waals surface area contributed by atoms with Crippen molar-refractivity contribution in [2.45, 2.75) is 45.2 Å². The number of anilines is 2. The number of aromatic nitrogens is 6. The van der Waals surface area contributed by atoms with Crippen molar-refractivity contribution in [1.82, 2.24) is 34.7 Å². The lowest BCUT2D eigenvalue weighted by Crippen LogP contribution is -2.35. The zero-order valence-corrected chi connectivity index (χ0v) is 18.5. The molecule has 4 heterocycles. The Labute approximate surface area is 187 Å². The van der Waals surface area contributed by atoms with E-state index in [1.165, 1.54) is 0 Å². The highest BCUT2D eigenvalue weighted by Gasteiger charge is 2.18. The van der Waals surface area contributed by atoms with Crippen LogP contribution in [0.2, 0.25) is 0 Å². The molecule has 1 aromatic carbocycles. The van der Waals surface area contributed by atoms with E-state index >= 15 is 0 Å². The van der Waals surface area contributed by atoms with Gasteiger partial charge in [-0.3, -0.25) is 0 Å². The van der Waals surface area contributed by atoms with Gasteiger partial charge >= 0.3 is 0 Å². The van der Waals surface area contributed by atoms with E-state index in [2.05, 4.69) is 52.1 Å². The smallest absolute Gasteiger partial charge is 0.229 e. The van der Waals surface area contributed by atoms with Gasteiger partial charge in [0.2, 0.25) is 11.9 Å². The molecule has 0 aliphatic carbocycles. The minimum absolute atomic E-state index is 0.322. The van der Waals surface area contributed by atoms with Crippen molar-refractivity contribution >= 4 is 17.5 Å². The molecule has 166 valence electrons. The summed E-state index contributed by atoms with van der Waals surface area (Å²) < 4.78 is 3.68. The number of hydrogen-bond donors (Lipinski definition) is 3. The van der Waals surface area contributed by atoms with Gasteiger partial charge in [0, 0.05) is 30.5 Å². The van der Waals surface area contributed by atoms with Gasteiger partial charge in [0.1, 0.15) is 0 Å². The van der Waals surface area contributed by atoms with Gasteiger partial charge in [-0.25, -0.2) is 4.68 Å². The molecule has 1 fully saturated rings. The molecule has 1 saturated heterocycles. The van der Waals surface area contributed by atoms with Crippen molar-refractivity contribution in [2.24, 2.45) is 0 Å². The van der Waals surface area contributed by atoms with Gasteiger partial charge in [-0.15, -0.1) is 0 Å². The van der Waals surface area contributed by atoms with Crippen LogP contribution in [0.4, 0.5) is 11.9 Å². The van der Waals surface area contributed by atoms with Crippen molar-refractivity contribution in [2.75, 3.05) is 23.7 Å². The van der Waals surface area contributed by atoms with Crippen molar-refractivity contribution in [3.63, 3.8) is 0 Å². The fourth-order valence-corrected chi connectivity index (χ4v) is 4.10. The van der Waals surface area contributed by atoms with Crippen LogP contribution >= 0.6 is 0 Å². The molecule has 0 atom stereocenters. The van der Waals surface area contributed by atoms with Crippen LogP contribution in [-0.4, -0.2) is 48.5 Å². The predicted octanol–water partition coefficient (Wildman–Crippen LogP) is 3.21. The highest BCUT2D eigenvalue weighted by molar-refractivity contribution is 5.56. The lowest BCUT2D eigenvalue weighted by Gasteiger charge is -2.24. The quantitative estimate of drug-likeness (QED) is 0.413. The molecule has 32 heavy (non-hydrogen) atoms. The third kappa shape index (κ3) is 4.16. The normalized spacial score (nSPS) is 14.8. The fourth-order valence-electron chi connectivity index (χ4n) is 4.10. The Hall–Kier alpha value is -3.46. The van der Waals surface area contributed by atoms with Crippen molar-refractivity contribution in [1.29, 1.82) is 0 Å². The molecule has 0 amide bonds. The van der Waals surface area contributed by atoms with Gasteiger partial charge in [-0.1, -0.05) is 32.0 Å². The van der Waals surface area contributed by atoms with E-state index in [-0.39, 0.29) is 0 Å². The molecule has 0 bridgehead atoms. The highest BCUT2D eigenvalue weighted by atomic mass is 15.4. The molecule has 5 rings (SSSR count). The van der Waals surface area contributed by atoms with Gasteiger partial charge < -0.3 is 16.0 Å². The summed E-state index contributed by atoms with van der Waals surface area (Å²) in [6.45, 7) is 6.93. The number of nitrogens with one attached hydrogen (secondary N) is 3. The molecule has 3 aromatic heterocycles. The van der Waals surface area contributed by atoms with Crippen LogP contribution in [0, 0.1) is 0 Å². The van der Waals surface area contributed by atoms with E-state index < -0.39 is 0 Å². The second-order valence-electron chi connectivity index (χ2n) is 8.46. The molecule has 1 aliphatic heterocycles. The van der Waals surface area contributed by atoms with Gasteiger partial charge in [-0.05, 0) is 49.5 Å². The van der Waals surface area contributed by atoms with E-state index in [4.69, 9.17) is 9.97 Å². The summed E-state index contributed by atoms with van der Waals surface area (Å²) in [5.41, 5.74) is 4.11. The zero-order chi connectivity index (χ0) is 21.9. The van der Waals surface area contributed by atoms with Crippen molar-refractivity contribution in [3.05, 3.63) is 60.0 Å². The average Bonchev–Trinajstić information content (AvgIpc) is 3.49. The fraction of sp³-hybridized carbons (Fsp3) is 0.391. The highest BCUT2D eigenvalue weighted by Crippen LogP contribution is 2.23. The Bertz CT molecular complexity index is 1170. The molecule has 0 unspecified atom stereocenters. The van der Waals surface area contributed by atoms with E-state index in [0.717, 1.165) is 48.4 Å². The summed E-state index contributed by atoms with van der Waals surface area (Å²) in [6.07, 6.45) is 7.75. The van der Waals surface area contributed by atoms with Crippen LogP contribution in [0.5, 0.6) is 0 Å². The molecule has 3 N–H and O–H groups in total. The number of nitrogens with zero attached hydrogens (tertiary/aromatic N) is 6. The molecule has 4 aromatic rings. The lowest BCUT2D eigenvalue weighted by atomic mass is 10.1. The average molecular weight is 432 g/mol. The van der Waals surface area contributed by atoms with Crippen LogP contribution in [0.15, 0.2) is 48.9 Å². The molecule has 9 heteroatoms.